The molecular weight excluding hydrogens is 202 g/mol. The molecule has 0 bridgehead atoms. The number of nitriles is 1. The number of rotatable bonds is 3. The minimum Gasteiger partial charge on any atom is -0.382 e. The Morgan fingerprint density at radius 2 is 1.93 bits per heavy atom. The fraction of sp³-hybridized carbons (Fsp3) is 0.222. The highest BCUT2D eigenvalue weighted by Gasteiger charge is 2.22. The van der Waals surface area contributed by atoms with E-state index in [9.17, 15) is 8.42 Å². The van der Waals surface area contributed by atoms with Crippen LogP contribution < -0.4 is 4.18 Å². The Kier molecular flexibility index (Phi) is 3.10. The standard InChI is InChI=1S/C9H9NO3S/c1-8(7-10)14(11,12)13-9-5-3-2-4-6-9/h2-6,8H,1H3. The first-order valence-corrected chi connectivity index (χ1v) is 5.41. The average molecular weight is 211 g/mol. The zero-order chi connectivity index (χ0) is 10.6. The van der Waals surface area contributed by atoms with E-state index in [0.29, 0.717) is 0 Å². The highest BCUT2D eigenvalue weighted by molar-refractivity contribution is 7.87. The third-order valence-corrected chi connectivity index (χ3v) is 2.97. The van der Waals surface area contributed by atoms with E-state index in [1.807, 2.05) is 0 Å². The predicted molar refractivity (Wildman–Crippen MR) is 51.1 cm³/mol. The molecule has 0 amide bonds. The molecule has 0 aliphatic heterocycles. The number of nitrogens with zero attached hydrogens (tertiary/aromatic N) is 1. The third-order valence-electron chi connectivity index (χ3n) is 1.57. The van der Waals surface area contributed by atoms with E-state index in [1.54, 1.807) is 24.3 Å². The van der Waals surface area contributed by atoms with Gasteiger partial charge in [0.2, 0.25) is 0 Å². The van der Waals surface area contributed by atoms with Crippen LogP contribution in [-0.4, -0.2) is 13.7 Å². The maximum atomic E-state index is 11.3. The molecular formula is C9H9NO3S. The van der Waals surface area contributed by atoms with Crippen LogP contribution >= 0.6 is 0 Å². The van der Waals surface area contributed by atoms with Gasteiger partial charge in [0.25, 0.3) is 0 Å². The molecule has 14 heavy (non-hydrogen) atoms. The zero-order valence-corrected chi connectivity index (χ0v) is 8.36. The van der Waals surface area contributed by atoms with Crippen molar-refractivity contribution in [3.05, 3.63) is 30.3 Å². The second kappa shape index (κ2) is 4.11. The first-order valence-electron chi connectivity index (χ1n) is 3.94. The molecule has 0 fully saturated rings. The van der Waals surface area contributed by atoms with Crippen LogP contribution in [0.5, 0.6) is 5.75 Å². The van der Waals surface area contributed by atoms with Crippen molar-refractivity contribution in [2.24, 2.45) is 0 Å². The van der Waals surface area contributed by atoms with Crippen LogP contribution in [0.4, 0.5) is 0 Å². The van der Waals surface area contributed by atoms with Gasteiger partial charge in [-0.15, -0.1) is 0 Å². The Morgan fingerprint density at radius 3 is 2.43 bits per heavy atom. The monoisotopic (exact) mass is 211 g/mol. The molecule has 0 aliphatic carbocycles. The van der Waals surface area contributed by atoms with Crippen molar-refractivity contribution in [1.29, 1.82) is 5.26 Å². The van der Waals surface area contributed by atoms with Crippen LogP contribution in [0.15, 0.2) is 30.3 Å². The summed E-state index contributed by atoms with van der Waals surface area (Å²) in [6, 6.07) is 9.70. The van der Waals surface area contributed by atoms with E-state index in [-0.39, 0.29) is 5.75 Å². The zero-order valence-electron chi connectivity index (χ0n) is 7.54. The molecule has 0 radical (unpaired) electrons. The Bertz CT molecular complexity index is 433. The molecule has 0 aromatic heterocycles. The summed E-state index contributed by atoms with van der Waals surface area (Å²) >= 11 is 0. The molecule has 1 aromatic carbocycles. The maximum absolute atomic E-state index is 11.3. The largest absolute Gasteiger partial charge is 0.382 e. The lowest BCUT2D eigenvalue weighted by molar-refractivity contribution is 0.481. The van der Waals surface area contributed by atoms with E-state index in [0.717, 1.165) is 0 Å². The summed E-state index contributed by atoms with van der Waals surface area (Å²) in [5, 5.41) is 7.28. The molecule has 0 saturated carbocycles. The number of benzene rings is 1. The first kappa shape index (κ1) is 10.5. The lowest BCUT2D eigenvalue weighted by Gasteiger charge is -2.07. The van der Waals surface area contributed by atoms with Gasteiger partial charge in [0.1, 0.15) is 5.75 Å². The topological polar surface area (TPSA) is 67.2 Å². The smallest absolute Gasteiger partial charge is 0.325 e. The number of hydrogen-bond donors (Lipinski definition) is 0. The van der Waals surface area contributed by atoms with Gasteiger partial charge in [0.05, 0.1) is 6.07 Å². The fourth-order valence-electron chi connectivity index (χ4n) is 0.747. The second-order valence-corrected chi connectivity index (χ2v) is 4.52. The van der Waals surface area contributed by atoms with Crippen molar-refractivity contribution < 1.29 is 12.6 Å². The van der Waals surface area contributed by atoms with Gasteiger partial charge in [-0.1, -0.05) is 18.2 Å². The summed E-state index contributed by atoms with van der Waals surface area (Å²) in [4.78, 5) is 0. The van der Waals surface area contributed by atoms with Gasteiger partial charge in [0, 0.05) is 0 Å². The van der Waals surface area contributed by atoms with Crippen molar-refractivity contribution in [3.8, 4) is 11.8 Å². The van der Waals surface area contributed by atoms with Crippen LogP contribution in [0, 0.1) is 11.3 Å². The van der Waals surface area contributed by atoms with Crippen LogP contribution in [0.2, 0.25) is 0 Å². The summed E-state index contributed by atoms with van der Waals surface area (Å²) in [6.45, 7) is 1.28. The predicted octanol–water partition coefficient (Wildman–Crippen LogP) is 1.31. The van der Waals surface area contributed by atoms with Crippen LogP contribution in [0.25, 0.3) is 0 Å². The molecule has 1 aromatic rings. The van der Waals surface area contributed by atoms with Crippen LogP contribution in [0.3, 0.4) is 0 Å². The molecule has 74 valence electrons. The van der Waals surface area contributed by atoms with Crippen molar-refractivity contribution in [1.82, 2.24) is 0 Å². The highest BCUT2D eigenvalue weighted by atomic mass is 32.2. The van der Waals surface area contributed by atoms with E-state index in [2.05, 4.69) is 0 Å². The molecule has 0 heterocycles. The minimum absolute atomic E-state index is 0.217. The summed E-state index contributed by atoms with van der Waals surface area (Å²) in [5.41, 5.74) is 0. The second-order valence-electron chi connectivity index (χ2n) is 2.66. The van der Waals surface area contributed by atoms with Gasteiger partial charge < -0.3 is 4.18 Å². The van der Waals surface area contributed by atoms with Crippen molar-refractivity contribution in [3.63, 3.8) is 0 Å². The molecule has 1 rings (SSSR count). The number of para-hydroxylation sites is 1. The Balaban J connectivity index is 2.86. The summed E-state index contributed by atoms with van der Waals surface area (Å²) < 4.78 is 27.3. The Morgan fingerprint density at radius 1 is 1.36 bits per heavy atom. The molecule has 4 nitrogen and oxygen atoms in total. The SMILES string of the molecule is CC(C#N)S(=O)(=O)Oc1ccccc1. The Labute approximate surface area is 82.9 Å². The summed E-state index contributed by atoms with van der Waals surface area (Å²) in [7, 11) is -3.82. The maximum Gasteiger partial charge on any atom is 0.325 e. The van der Waals surface area contributed by atoms with Gasteiger partial charge in [-0.25, -0.2) is 0 Å². The van der Waals surface area contributed by atoms with E-state index < -0.39 is 15.4 Å². The molecule has 1 unspecified atom stereocenters. The molecule has 0 spiro atoms. The van der Waals surface area contributed by atoms with Crippen molar-refractivity contribution in [2.45, 2.75) is 12.2 Å². The molecule has 0 aliphatic rings. The van der Waals surface area contributed by atoms with E-state index in [1.165, 1.54) is 19.1 Å². The van der Waals surface area contributed by atoms with E-state index in [4.69, 9.17) is 9.44 Å². The molecule has 1 atom stereocenters. The fourth-order valence-corrected chi connectivity index (χ4v) is 1.40. The minimum atomic E-state index is -3.82. The van der Waals surface area contributed by atoms with Crippen LogP contribution in [0.1, 0.15) is 6.92 Å². The first-order chi connectivity index (χ1) is 6.56. The van der Waals surface area contributed by atoms with Gasteiger partial charge in [0.15, 0.2) is 5.25 Å². The van der Waals surface area contributed by atoms with Gasteiger partial charge in [-0.3, -0.25) is 0 Å². The van der Waals surface area contributed by atoms with Crippen molar-refractivity contribution >= 4 is 10.1 Å². The normalized spacial score (nSPS) is 12.9. The average Bonchev–Trinajstić information content (AvgIpc) is 2.17. The van der Waals surface area contributed by atoms with Crippen LogP contribution in [-0.2, 0) is 10.1 Å². The highest BCUT2D eigenvalue weighted by Crippen LogP contribution is 2.13. The molecule has 5 heteroatoms. The Hall–Kier alpha value is -1.54. The third kappa shape index (κ3) is 2.47. The van der Waals surface area contributed by atoms with Crippen molar-refractivity contribution in [2.75, 3.05) is 0 Å². The van der Waals surface area contributed by atoms with E-state index >= 15 is 0 Å². The lowest BCUT2D eigenvalue weighted by Crippen LogP contribution is -2.21. The lowest BCUT2D eigenvalue weighted by atomic mass is 10.3. The quantitative estimate of drug-likeness (QED) is 0.707. The number of hydrogen-bond acceptors (Lipinski definition) is 4. The molecule has 0 saturated heterocycles. The molecule has 0 N–H and O–H groups in total. The van der Waals surface area contributed by atoms with Gasteiger partial charge in [-0.05, 0) is 19.1 Å². The van der Waals surface area contributed by atoms with Gasteiger partial charge >= 0.3 is 10.1 Å². The summed E-state index contributed by atoms with van der Waals surface area (Å²) in [5.74, 6) is 0.217. The van der Waals surface area contributed by atoms with Gasteiger partial charge in [-0.2, -0.15) is 13.7 Å². The summed E-state index contributed by atoms with van der Waals surface area (Å²) in [6.07, 6.45) is 0.